The number of rotatable bonds is 5. The predicted octanol–water partition coefficient (Wildman–Crippen LogP) is 3.28. The SMILES string of the molecule is Cc1sc2nc(CN(CC(C)O)c3ccccc3)nc(N)c2c1C. The number of nitrogens with two attached hydrogens (primary N) is 1. The van der Waals surface area contributed by atoms with Crippen molar-refractivity contribution in [3.63, 3.8) is 0 Å². The van der Waals surface area contributed by atoms with Crippen molar-refractivity contribution in [1.82, 2.24) is 9.97 Å². The molecule has 3 N–H and O–H groups in total. The number of anilines is 2. The van der Waals surface area contributed by atoms with Gasteiger partial charge in [0.1, 0.15) is 10.6 Å². The van der Waals surface area contributed by atoms with Crippen molar-refractivity contribution in [2.75, 3.05) is 17.2 Å². The van der Waals surface area contributed by atoms with Crippen LogP contribution in [0.2, 0.25) is 0 Å². The van der Waals surface area contributed by atoms with Gasteiger partial charge in [0, 0.05) is 17.1 Å². The van der Waals surface area contributed by atoms with Crippen LogP contribution in [0.1, 0.15) is 23.2 Å². The normalized spacial score (nSPS) is 12.5. The molecule has 1 atom stereocenters. The Morgan fingerprint density at radius 3 is 2.58 bits per heavy atom. The number of aryl methyl sites for hydroxylation is 2. The molecule has 5 nitrogen and oxygen atoms in total. The van der Waals surface area contributed by atoms with E-state index in [2.05, 4.69) is 23.7 Å². The molecular weight excluding hydrogens is 320 g/mol. The summed E-state index contributed by atoms with van der Waals surface area (Å²) in [6, 6.07) is 9.97. The number of nitrogens with zero attached hydrogens (tertiary/aromatic N) is 3. The zero-order chi connectivity index (χ0) is 17.3. The number of benzene rings is 1. The maximum Gasteiger partial charge on any atom is 0.151 e. The van der Waals surface area contributed by atoms with Gasteiger partial charge in [0.05, 0.1) is 18.0 Å². The number of hydrogen-bond donors (Lipinski definition) is 2. The quantitative estimate of drug-likeness (QED) is 0.744. The van der Waals surface area contributed by atoms with Gasteiger partial charge in [0.15, 0.2) is 5.82 Å². The second-order valence-electron chi connectivity index (χ2n) is 6.05. The van der Waals surface area contributed by atoms with Gasteiger partial charge in [0.2, 0.25) is 0 Å². The number of aliphatic hydroxyl groups is 1. The Labute approximate surface area is 145 Å². The van der Waals surface area contributed by atoms with Crippen molar-refractivity contribution < 1.29 is 5.11 Å². The third kappa shape index (κ3) is 3.34. The first-order valence-electron chi connectivity index (χ1n) is 7.96. The molecule has 0 fully saturated rings. The predicted molar refractivity (Wildman–Crippen MR) is 100 cm³/mol. The van der Waals surface area contributed by atoms with Crippen LogP contribution in [-0.2, 0) is 6.54 Å². The lowest BCUT2D eigenvalue weighted by molar-refractivity contribution is 0.199. The lowest BCUT2D eigenvalue weighted by Gasteiger charge is -2.25. The number of hydrogen-bond acceptors (Lipinski definition) is 6. The zero-order valence-corrected chi connectivity index (χ0v) is 15.0. The van der Waals surface area contributed by atoms with Crippen molar-refractivity contribution in [3.05, 3.63) is 46.6 Å². The van der Waals surface area contributed by atoms with Gasteiger partial charge in [-0.05, 0) is 38.5 Å². The fourth-order valence-electron chi connectivity index (χ4n) is 2.79. The van der Waals surface area contributed by atoms with Crippen LogP contribution in [0.15, 0.2) is 30.3 Å². The zero-order valence-electron chi connectivity index (χ0n) is 14.2. The standard InChI is InChI=1S/C18H22N4OS/c1-11(23)9-22(14-7-5-4-6-8-14)10-15-20-17(19)16-12(2)13(3)24-18(16)21-15/h4-8,11,23H,9-10H2,1-3H3,(H2,19,20,21). The number of nitrogen functional groups attached to an aromatic ring is 1. The number of fused-ring (bicyclic) bond motifs is 1. The Hall–Kier alpha value is -2.18. The highest BCUT2D eigenvalue weighted by molar-refractivity contribution is 7.18. The van der Waals surface area contributed by atoms with Gasteiger partial charge in [-0.25, -0.2) is 9.97 Å². The van der Waals surface area contributed by atoms with E-state index >= 15 is 0 Å². The minimum atomic E-state index is -0.447. The van der Waals surface area contributed by atoms with Crippen LogP contribution >= 0.6 is 11.3 Å². The summed E-state index contributed by atoms with van der Waals surface area (Å²) >= 11 is 1.64. The van der Waals surface area contributed by atoms with Gasteiger partial charge < -0.3 is 15.7 Å². The molecule has 2 heterocycles. The molecular formula is C18H22N4OS. The van der Waals surface area contributed by atoms with E-state index in [4.69, 9.17) is 10.7 Å². The molecule has 0 amide bonds. The average Bonchev–Trinajstić information content (AvgIpc) is 2.82. The maximum absolute atomic E-state index is 9.82. The number of para-hydroxylation sites is 1. The summed E-state index contributed by atoms with van der Waals surface area (Å²) in [7, 11) is 0. The first-order chi connectivity index (χ1) is 11.5. The van der Waals surface area contributed by atoms with Crippen LogP contribution in [0, 0.1) is 13.8 Å². The number of aromatic nitrogens is 2. The van der Waals surface area contributed by atoms with Gasteiger partial charge in [-0.3, -0.25) is 0 Å². The summed E-state index contributed by atoms with van der Waals surface area (Å²) < 4.78 is 0. The Morgan fingerprint density at radius 2 is 1.92 bits per heavy atom. The van der Waals surface area contributed by atoms with E-state index in [1.165, 1.54) is 4.88 Å². The molecule has 24 heavy (non-hydrogen) atoms. The molecule has 0 radical (unpaired) electrons. The second-order valence-corrected chi connectivity index (χ2v) is 7.26. The van der Waals surface area contributed by atoms with Crippen molar-refractivity contribution in [2.45, 2.75) is 33.4 Å². The Morgan fingerprint density at radius 1 is 1.21 bits per heavy atom. The summed E-state index contributed by atoms with van der Waals surface area (Å²) in [6.45, 7) is 6.92. The monoisotopic (exact) mass is 342 g/mol. The lowest BCUT2D eigenvalue weighted by atomic mass is 10.2. The van der Waals surface area contributed by atoms with Gasteiger partial charge in [-0.2, -0.15) is 0 Å². The number of thiophene rings is 1. The maximum atomic E-state index is 9.82. The molecule has 1 unspecified atom stereocenters. The molecule has 3 rings (SSSR count). The summed E-state index contributed by atoms with van der Waals surface area (Å²) in [5.74, 6) is 1.20. The Balaban J connectivity index is 1.96. The van der Waals surface area contributed by atoms with Crippen molar-refractivity contribution in [3.8, 4) is 0 Å². The Bertz CT molecular complexity index is 845. The smallest absolute Gasteiger partial charge is 0.151 e. The highest BCUT2D eigenvalue weighted by Gasteiger charge is 2.16. The molecule has 0 bridgehead atoms. The van der Waals surface area contributed by atoms with Crippen molar-refractivity contribution >= 4 is 33.1 Å². The van der Waals surface area contributed by atoms with Crippen LogP contribution in [0.4, 0.5) is 11.5 Å². The minimum Gasteiger partial charge on any atom is -0.392 e. The number of aliphatic hydroxyl groups excluding tert-OH is 1. The minimum absolute atomic E-state index is 0.447. The van der Waals surface area contributed by atoms with E-state index in [-0.39, 0.29) is 0 Å². The molecule has 1 aromatic carbocycles. The largest absolute Gasteiger partial charge is 0.392 e. The van der Waals surface area contributed by atoms with Crippen molar-refractivity contribution in [1.29, 1.82) is 0 Å². The van der Waals surface area contributed by atoms with E-state index in [0.717, 1.165) is 21.5 Å². The van der Waals surface area contributed by atoms with E-state index < -0.39 is 6.10 Å². The van der Waals surface area contributed by atoms with Gasteiger partial charge in [-0.1, -0.05) is 18.2 Å². The molecule has 3 aromatic rings. The average molecular weight is 342 g/mol. The van der Waals surface area contributed by atoms with Crippen LogP contribution in [-0.4, -0.2) is 27.7 Å². The van der Waals surface area contributed by atoms with Crippen LogP contribution in [0.25, 0.3) is 10.2 Å². The highest BCUT2D eigenvalue weighted by atomic mass is 32.1. The Kier molecular flexibility index (Phi) is 4.69. The van der Waals surface area contributed by atoms with E-state index in [1.54, 1.807) is 18.3 Å². The molecule has 126 valence electrons. The fourth-order valence-corrected chi connectivity index (χ4v) is 3.84. The van der Waals surface area contributed by atoms with Gasteiger partial charge in [-0.15, -0.1) is 11.3 Å². The van der Waals surface area contributed by atoms with Gasteiger partial charge in [0.25, 0.3) is 0 Å². The molecule has 0 spiro atoms. The molecule has 0 saturated carbocycles. The molecule has 0 aliphatic rings. The molecule has 0 saturated heterocycles. The highest BCUT2D eigenvalue weighted by Crippen LogP contribution is 2.32. The summed E-state index contributed by atoms with van der Waals surface area (Å²) in [4.78, 5) is 13.4. The van der Waals surface area contributed by atoms with Crippen LogP contribution in [0.5, 0.6) is 0 Å². The molecule has 0 aliphatic carbocycles. The van der Waals surface area contributed by atoms with Crippen molar-refractivity contribution in [2.24, 2.45) is 0 Å². The van der Waals surface area contributed by atoms with Crippen LogP contribution < -0.4 is 10.6 Å². The van der Waals surface area contributed by atoms with E-state index in [9.17, 15) is 5.11 Å². The summed E-state index contributed by atoms with van der Waals surface area (Å²) in [5.41, 5.74) is 8.36. The molecule has 0 aliphatic heterocycles. The molecule has 6 heteroatoms. The fraction of sp³-hybridized carbons (Fsp3) is 0.333. The third-order valence-electron chi connectivity index (χ3n) is 4.04. The molecule has 2 aromatic heterocycles. The second kappa shape index (κ2) is 6.75. The lowest BCUT2D eigenvalue weighted by Crippen LogP contribution is -2.31. The summed E-state index contributed by atoms with van der Waals surface area (Å²) in [6.07, 6.45) is -0.447. The van der Waals surface area contributed by atoms with E-state index in [0.29, 0.717) is 24.7 Å². The van der Waals surface area contributed by atoms with E-state index in [1.807, 2.05) is 30.3 Å². The first-order valence-corrected chi connectivity index (χ1v) is 8.77. The topological polar surface area (TPSA) is 75.3 Å². The van der Waals surface area contributed by atoms with Gasteiger partial charge >= 0.3 is 0 Å². The first kappa shape index (κ1) is 16.7. The third-order valence-corrected chi connectivity index (χ3v) is 5.14. The summed E-state index contributed by atoms with van der Waals surface area (Å²) in [5, 5.41) is 10.8. The van der Waals surface area contributed by atoms with Crippen LogP contribution in [0.3, 0.4) is 0 Å².